The molecular weight excluding hydrogens is 240 g/mol. The van der Waals surface area contributed by atoms with Crippen LogP contribution in [0.4, 0.5) is 0 Å². The van der Waals surface area contributed by atoms with Gasteiger partial charge in [0.15, 0.2) is 0 Å². The minimum atomic E-state index is 0.650. The molecule has 2 aliphatic rings. The number of hydrogen-bond acceptors (Lipinski definition) is 3. The lowest BCUT2D eigenvalue weighted by atomic mass is 9.90. The van der Waals surface area contributed by atoms with Crippen LogP contribution in [0.1, 0.15) is 48.6 Å². The zero-order valence-corrected chi connectivity index (χ0v) is 12.1. The summed E-state index contributed by atoms with van der Waals surface area (Å²) in [5.74, 6) is 0.721. The van der Waals surface area contributed by atoms with Crippen molar-refractivity contribution in [3.8, 4) is 0 Å². The average Bonchev–Trinajstić information content (AvgIpc) is 3.05. The van der Waals surface area contributed by atoms with Gasteiger partial charge in [0.25, 0.3) is 0 Å². The molecule has 0 radical (unpaired) electrons. The van der Waals surface area contributed by atoms with Crippen LogP contribution in [-0.4, -0.2) is 24.5 Å². The van der Waals surface area contributed by atoms with Crippen molar-refractivity contribution in [2.75, 3.05) is 13.6 Å². The molecule has 18 heavy (non-hydrogen) atoms. The van der Waals surface area contributed by atoms with Crippen molar-refractivity contribution in [2.45, 2.75) is 50.6 Å². The summed E-state index contributed by atoms with van der Waals surface area (Å²) in [5, 5.41) is 2.27. The molecular formula is C15H24N2S. The fourth-order valence-electron chi connectivity index (χ4n) is 3.94. The summed E-state index contributed by atoms with van der Waals surface area (Å²) < 4.78 is 0. The minimum Gasteiger partial charge on any atom is -0.330 e. The van der Waals surface area contributed by atoms with Crippen LogP contribution in [0.3, 0.4) is 0 Å². The summed E-state index contributed by atoms with van der Waals surface area (Å²) >= 11 is 1.94. The summed E-state index contributed by atoms with van der Waals surface area (Å²) in [5.41, 5.74) is 7.55. The number of rotatable bonds is 3. The predicted molar refractivity (Wildman–Crippen MR) is 77.9 cm³/mol. The molecule has 1 aromatic heterocycles. The zero-order chi connectivity index (χ0) is 12.5. The number of nitrogens with zero attached hydrogens (tertiary/aromatic N) is 1. The third kappa shape index (κ3) is 2.13. The van der Waals surface area contributed by atoms with Crippen LogP contribution in [-0.2, 0) is 6.42 Å². The maximum Gasteiger partial charge on any atom is 0.0359 e. The van der Waals surface area contributed by atoms with Crippen LogP contribution in [0.15, 0.2) is 11.4 Å². The first kappa shape index (κ1) is 12.6. The van der Waals surface area contributed by atoms with Gasteiger partial charge in [0.1, 0.15) is 0 Å². The Kier molecular flexibility index (Phi) is 3.73. The summed E-state index contributed by atoms with van der Waals surface area (Å²) in [6.45, 7) is 0.859. The van der Waals surface area contributed by atoms with Gasteiger partial charge < -0.3 is 5.73 Å². The Labute approximate surface area is 114 Å². The first-order valence-electron chi connectivity index (χ1n) is 7.29. The van der Waals surface area contributed by atoms with Crippen LogP contribution >= 0.6 is 11.3 Å². The van der Waals surface area contributed by atoms with Gasteiger partial charge in [0, 0.05) is 17.0 Å². The Bertz CT molecular complexity index is 401. The normalized spacial score (nSPS) is 31.8. The summed E-state index contributed by atoms with van der Waals surface area (Å²) in [4.78, 5) is 4.27. The largest absolute Gasteiger partial charge is 0.330 e. The van der Waals surface area contributed by atoms with Gasteiger partial charge >= 0.3 is 0 Å². The molecule has 3 unspecified atom stereocenters. The molecule has 0 amide bonds. The summed E-state index contributed by atoms with van der Waals surface area (Å²) in [7, 11) is 2.33. The molecule has 1 heterocycles. The molecule has 0 aliphatic heterocycles. The molecule has 3 atom stereocenters. The molecule has 0 bridgehead atoms. The molecule has 0 aromatic carbocycles. The Morgan fingerprint density at radius 1 is 1.33 bits per heavy atom. The van der Waals surface area contributed by atoms with Gasteiger partial charge in [-0.2, -0.15) is 0 Å². The second kappa shape index (κ2) is 5.32. The highest BCUT2D eigenvalue weighted by atomic mass is 32.1. The van der Waals surface area contributed by atoms with E-state index in [1.165, 1.54) is 38.5 Å². The van der Waals surface area contributed by atoms with Crippen LogP contribution in [0.2, 0.25) is 0 Å². The van der Waals surface area contributed by atoms with Crippen molar-refractivity contribution < 1.29 is 0 Å². The Balaban J connectivity index is 1.79. The van der Waals surface area contributed by atoms with E-state index in [1.807, 2.05) is 11.3 Å². The first-order valence-corrected chi connectivity index (χ1v) is 8.17. The molecule has 3 rings (SSSR count). The van der Waals surface area contributed by atoms with E-state index < -0.39 is 0 Å². The lowest BCUT2D eigenvalue weighted by Crippen LogP contribution is -2.40. The van der Waals surface area contributed by atoms with Crippen molar-refractivity contribution in [2.24, 2.45) is 11.7 Å². The van der Waals surface area contributed by atoms with Crippen molar-refractivity contribution in [1.29, 1.82) is 0 Å². The van der Waals surface area contributed by atoms with E-state index in [4.69, 9.17) is 5.73 Å². The fraction of sp³-hybridized carbons (Fsp3) is 0.733. The highest BCUT2D eigenvalue weighted by Gasteiger charge is 2.34. The second-order valence-electron chi connectivity index (χ2n) is 5.87. The zero-order valence-electron chi connectivity index (χ0n) is 11.3. The molecule has 0 saturated heterocycles. The molecule has 3 heteroatoms. The number of nitrogens with two attached hydrogens (primary N) is 1. The molecule has 1 fully saturated rings. The fourth-order valence-corrected chi connectivity index (χ4v) is 4.93. The molecule has 2 nitrogen and oxygen atoms in total. The van der Waals surface area contributed by atoms with Crippen molar-refractivity contribution >= 4 is 11.3 Å². The third-order valence-corrected chi connectivity index (χ3v) is 5.95. The molecule has 100 valence electrons. The van der Waals surface area contributed by atoms with Gasteiger partial charge in [-0.25, -0.2) is 0 Å². The lowest BCUT2D eigenvalue weighted by molar-refractivity contribution is 0.130. The van der Waals surface area contributed by atoms with Crippen LogP contribution < -0.4 is 5.73 Å². The number of aryl methyl sites for hydroxylation is 1. The second-order valence-corrected chi connectivity index (χ2v) is 6.87. The van der Waals surface area contributed by atoms with E-state index in [2.05, 4.69) is 23.4 Å². The standard InChI is InChI=1S/C15H24N2S/c1-17(13-5-2-4-11(13)10-16)14-6-3-7-15-12(14)8-9-18-15/h8-9,11,13-14H,2-7,10,16H2,1H3. The quantitative estimate of drug-likeness (QED) is 0.908. The monoisotopic (exact) mass is 264 g/mol. The first-order chi connectivity index (χ1) is 8.81. The van der Waals surface area contributed by atoms with Crippen LogP contribution in [0.25, 0.3) is 0 Å². The van der Waals surface area contributed by atoms with Crippen molar-refractivity contribution in [3.63, 3.8) is 0 Å². The molecule has 1 saturated carbocycles. The molecule has 2 N–H and O–H groups in total. The summed E-state index contributed by atoms with van der Waals surface area (Å²) in [6, 6.07) is 3.72. The maximum atomic E-state index is 5.94. The Hall–Kier alpha value is -0.380. The Morgan fingerprint density at radius 3 is 3.06 bits per heavy atom. The topological polar surface area (TPSA) is 29.3 Å². The van der Waals surface area contributed by atoms with Crippen molar-refractivity contribution in [1.82, 2.24) is 4.90 Å². The van der Waals surface area contributed by atoms with Gasteiger partial charge in [-0.05, 0) is 68.6 Å². The third-order valence-electron chi connectivity index (χ3n) is 4.96. The van der Waals surface area contributed by atoms with Gasteiger partial charge in [-0.3, -0.25) is 4.90 Å². The molecule has 1 aromatic rings. The SMILES string of the molecule is CN(C1CCCc2sccc21)C1CCCC1CN. The van der Waals surface area contributed by atoms with E-state index >= 15 is 0 Å². The van der Waals surface area contributed by atoms with Crippen molar-refractivity contribution in [3.05, 3.63) is 21.9 Å². The minimum absolute atomic E-state index is 0.650. The maximum absolute atomic E-state index is 5.94. The predicted octanol–water partition coefficient (Wildman–Crippen LogP) is 3.18. The number of hydrogen-bond donors (Lipinski definition) is 1. The van der Waals surface area contributed by atoms with Gasteiger partial charge in [-0.15, -0.1) is 11.3 Å². The average molecular weight is 264 g/mol. The van der Waals surface area contributed by atoms with E-state index in [1.54, 1.807) is 10.4 Å². The van der Waals surface area contributed by atoms with Crippen LogP contribution in [0, 0.1) is 5.92 Å². The van der Waals surface area contributed by atoms with Gasteiger partial charge in [0.05, 0.1) is 0 Å². The van der Waals surface area contributed by atoms with Crippen LogP contribution in [0.5, 0.6) is 0 Å². The number of fused-ring (bicyclic) bond motifs is 1. The molecule has 2 aliphatic carbocycles. The van der Waals surface area contributed by atoms with E-state index in [9.17, 15) is 0 Å². The van der Waals surface area contributed by atoms with E-state index in [0.29, 0.717) is 12.1 Å². The Morgan fingerprint density at radius 2 is 2.22 bits per heavy atom. The molecule has 0 spiro atoms. The highest BCUT2D eigenvalue weighted by molar-refractivity contribution is 7.10. The van der Waals surface area contributed by atoms with E-state index in [-0.39, 0.29) is 0 Å². The highest BCUT2D eigenvalue weighted by Crippen LogP contribution is 2.40. The lowest BCUT2D eigenvalue weighted by Gasteiger charge is -2.38. The number of thiophene rings is 1. The van der Waals surface area contributed by atoms with E-state index in [0.717, 1.165) is 12.5 Å². The summed E-state index contributed by atoms with van der Waals surface area (Å²) in [6.07, 6.45) is 8.00. The van der Waals surface area contributed by atoms with Gasteiger partial charge in [-0.1, -0.05) is 6.42 Å². The smallest absolute Gasteiger partial charge is 0.0359 e. The van der Waals surface area contributed by atoms with Gasteiger partial charge in [0.2, 0.25) is 0 Å².